The summed E-state index contributed by atoms with van der Waals surface area (Å²) in [6.45, 7) is 7.68. The second-order valence-electron chi connectivity index (χ2n) is 6.77. The third-order valence-electron chi connectivity index (χ3n) is 4.90. The zero-order chi connectivity index (χ0) is 18.9. The average molecular weight is 394 g/mol. The SMILES string of the molecule is CCCc1ccc(C(=O)SC2CCCCC2SC(=O)N(CC)CC)cc1. The molecule has 0 aliphatic heterocycles. The van der Waals surface area contributed by atoms with Crippen LogP contribution in [0.25, 0.3) is 0 Å². The lowest BCUT2D eigenvalue weighted by Gasteiger charge is -2.31. The predicted molar refractivity (Wildman–Crippen MR) is 114 cm³/mol. The van der Waals surface area contributed by atoms with E-state index in [1.54, 1.807) is 0 Å². The maximum atomic E-state index is 12.7. The summed E-state index contributed by atoms with van der Waals surface area (Å²) >= 11 is 2.89. The van der Waals surface area contributed by atoms with Crippen LogP contribution in [-0.4, -0.2) is 38.8 Å². The van der Waals surface area contributed by atoms with Gasteiger partial charge in [-0.25, -0.2) is 0 Å². The zero-order valence-electron chi connectivity index (χ0n) is 16.2. The molecule has 1 aliphatic carbocycles. The summed E-state index contributed by atoms with van der Waals surface area (Å²) in [5.41, 5.74) is 2.06. The highest BCUT2D eigenvalue weighted by atomic mass is 32.2. The minimum absolute atomic E-state index is 0.140. The fourth-order valence-corrected chi connectivity index (χ4v) is 6.01. The number of amides is 1. The van der Waals surface area contributed by atoms with Crippen molar-refractivity contribution in [2.45, 2.75) is 69.8 Å². The van der Waals surface area contributed by atoms with Gasteiger partial charge < -0.3 is 4.90 Å². The number of hydrogen-bond acceptors (Lipinski definition) is 4. The van der Waals surface area contributed by atoms with Crippen molar-refractivity contribution in [1.29, 1.82) is 0 Å². The van der Waals surface area contributed by atoms with E-state index in [1.165, 1.54) is 29.1 Å². The van der Waals surface area contributed by atoms with Crippen molar-refractivity contribution in [3.05, 3.63) is 35.4 Å². The van der Waals surface area contributed by atoms with Crippen molar-refractivity contribution < 1.29 is 9.59 Å². The maximum absolute atomic E-state index is 12.7. The molecule has 2 rings (SSSR count). The highest BCUT2D eigenvalue weighted by Crippen LogP contribution is 2.38. The summed E-state index contributed by atoms with van der Waals surface area (Å²) in [5.74, 6) is 0. The van der Waals surface area contributed by atoms with Gasteiger partial charge in [-0.2, -0.15) is 0 Å². The molecule has 1 saturated carbocycles. The van der Waals surface area contributed by atoms with Gasteiger partial charge in [0.05, 0.1) is 0 Å². The molecule has 2 atom stereocenters. The van der Waals surface area contributed by atoms with Crippen LogP contribution in [0.15, 0.2) is 24.3 Å². The minimum atomic E-state index is 0.140. The standard InChI is InChI=1S/C21H31NO2S2/c1-4-9-16-12-14-17(15-13-16)20(23)25-18-10-7-8-11-19(18)26-21(24)22(5-2)6-3/h12-15,18-19H,4-11H2,1-3H3. The van der Waals surface area contributed by atoms with E-state index in [-0.39, 0.29) is 20.9 Å². The Morgan fingerprint density at radius 1 is 0.962 bits per heavy atom. The first-order valence-corrected chi connectivity index (χ1v) is 11.6. The van der Waals surface area contributed by atoms with Crippen molar-refractivity contribution in [3.8, 4) is 0 Å². The molecule has 1 aromatic rings. The Labute approximate surface area is 166 Å². The minimum Gasteiger partial charge on any atom is -0.334 e. The highest BCUT2D eigenvalue weighted by molar-refractivity contribution is 8.17. The average Bonchev–Trinajstić information content (AvgIpc) is 2.65. The van der Waals surface area contributed by atoms with Crippen LogP contribution in [0, 0.1) is 0 Å². The molecule has 3 nitrogen and oxygen atoms in total. The summed E-state index contributed by atoms with van der Waals surface area (Å²) in [5, 5.41) is 0.769. The summed E-state index contributed by atoms with van der Waals surface area (Å²) in [6, 6.07) is 8.03. The Balaban J connectivity index is 1.98. The fraction of sp³-hybridized carbons (Fsp3) is 0.619. The highest BCUT2D eigenvalue weighted by Gasteiger charge is 2.31. The van der Waals surface area contributed by atoms with E-state index in [4.69, 9.17) is 0 Å². The van der Waals surface area contributed by atoms with Crippen LogP contribution in [0.5, 0.6) is 0 Å². The van der Waals surface area contributed by atoms with Crippen LogP contribution >= 0.6 is 23.5 Å². The van der Waals surface area contributed by atoms with Gasteiger partial charge in [-0.1, -0.05) is 74.0 Å². The molecule has 1 fully saturated rings. The van der Waals surface area contributed by atoms with Crippen LogP contribution in [0.2, 0.25) is 0 Å². The van der Waals surface area contributed by atoms with E-state index >= 15 is 0 Å². The van der Waals surface area contributed by atoms with E-state index in [0.29, 0.717) is 0 Å². The lowest BCUT2D eigenvalue weighted by molar-refractivity contribution is 0.108. The molecule has 0 N–H and O–H groups in total. The first-order valence-electron chi connectivity index (χ1n) is 9.84. The Kier molecular flexibility index (Phi) is 9.06. The predicted octanol–water partition coefficient (Wildman–Crippen LogP) is 6.02. The molecular weight excluding hydrogens is 362 g/mol. The van der Waals surface area contributed by atoms with Crippen LogP contribution in [0.4, 0.5) is 4.79 Å². The van der Waals surface area contributed by atoms with Gasteiger partial charge in [0.1, 0.15) is 0 Å². The topological polar surface area (TPSA) is 37.4 Å². The van der Waals surface area contributed by atoms with Crippen molar-refractivity contribution >= 4 is 33.9 Å². The summed E-state index contributed by atoms with van der Waals surface area (Å²) in [4.78, 5) is 27.1. The number of aryl methyl sites for hydroxylation is 1. The Hall–Kier alpha value is -0.940. The zero-order valence-corrected chi connectivity index (χ0v) is 17.8. The smallest absolute Gasteiger partial charge is 0.281 e. The summed E-state index contributed by atoms with van der Waals surface area (Å²) in [6.07, 6.45) is 6.52. The van der Waals surface area contributed by atoms with E-state index in [1.807, 2.05) is 30.9 Å². The first kappa shape index (κ1) is 21.4. The third kappa shape index (κ3) is 6.05. The molecule has 2 unspecified atom stereocenters. The number of hydrogen-bond donors (Lipinski definition) is 0. The normalized spacial score (nSPS) is 20.0. The third-order valence-corrected chi connectivity index (χ3v) is 7.72. The van der Waals surface area contributed by atoms with Crippen LogP contribution in [0.1, 0.15) is 68.8 Å². The molecule has 0 bridgehead atoms. The molecule has 1 amide bonds. The van der Waals surface area contributed by atoms with E-state index in [2.05, 4.69) is 19.1 Å². The van der Waals surface area contributed by atoms with Gasteiger partial charge in [-0.15, -0.1) is 0 Å². The number of thioether (sulfide) groups is 2. The van der Waals surface area contributed by atoms with Gasteiger partial charge in [0.15, 0.2) is 0 Å². The molecule has 0 spiro atoms. The molecular formula is C21H31NO2S2. The van der Waals surface area contributed by atoms with Gasteiger partial charge in [0, 0.05) is 29.2 Å². The van der Waals surface area contributed by atoms with Gasteiger partial charge >= 0.3 is 0 Å². The first-order chi connectivity index (χ1) is 12.6. The largest absolute Gasteiger partial charge is 0.334 e. The Morgan fingerprint density at radius 2 is 1.54 bits per heavy atom. The van der Waals surface area contributed by atoms with Crippen LogP contribution in [-0.2, 0) is 6.42 Å². The van der Waals surface area contributed by atoms with Crippen LogP contribution in [0.3, 0.4) is 0 Å². The number of nitrogens with zero attached hydrogens (tertiary/aromatic N) is 1. The van der Waals surface area contributed by atoms with Gasteiger partial charge in [0.25, 0.3) is 5.24 Å². The lowest BCUT2D eigenvalue weighted by atomic mass is 10.00. The molecule has 0 saturated heterocycles. The van der Waals surface area contributed by atoms with Crippen molar-refractivity contribution in [2.75, 3.05) is 13.1 Å². The molecule has 0 radical (unpaired) electrons. The van der Waals surface area contributed by atoms with E-state index < -0.39 is 0 Å². The monoisotopic (exact) mass is 393 g/mol. The number of rotatable bonds is 7. The van der Waals surface area contributed by atoms with Crippen LogP contribution < -0.4 is 0 Å². The second-order valence-corrected chi connectivity index (χ2v) is 9.17. The molecule has 0 heterocycles. The fourth-order valence-electron chi connectivity index (χ4n) is 3.32. The second kappa shape index (κ2) is 11.0. The Morgan fingerprint density at radius 3 is 2.08 bits per heavy atom. The van der Waals surface area contributed by atoms with E-state index in [9.17, 15) is 9.59 Å². The van der Waals surface area contributed by atoms with Gasteiger partial charge in [-0.05, 0) is 38.7 Å². The number of carbonyl (C=O) groups is 2. The van der Waals surface area contributed by atoms with Gasteiger partial charge in [-0.3, -0.25) is 9.59 Å². The summed E-state index contributed by atoms with van der Waals surface area (Å²) < 4.78 is 0. The lowest BCUT2D eigenvalue weighted by Crippen LogP contribution is -2.32. The number of carbonyl (C=O) groups excluding carboxylic acids is 2. The molecule has 0 aromatic heterocycles. The molecule has 5 heteroatoms. The molecule has 1 aromatic carbocycles. The van der Waals surface area contributed by atoms with Crippen molar-refractivity contribution in [2.24, 2.45) is 0 Å². The van der Waals surface area contributed by atoms with Gasteiger partial charge in [0.2, 0.25) is 5.12 Å². The molecule has 26 heavy (non-hydrogen) atoms. The van der Waals surface area contributed by atoms with Crippen molar-refractivity contribution in [3.63, 3.8) is 0 Å². The molecule has 1 aliphatic rings. The van der Waals surface area contributed by atoms with Crippen molar-refractivity contribution in [1.82, 2.24) is 4.90 Å². The summed E-state index contributed by atoms with van der Waals surface area (Å²) in [7, 11) is 0. The van der Waals surface area contributed by atoms with E-state index in [0.717, 1.165) is 57.2 Å². The maximum Gasteiger partial charge on any atom is 0.281 e. The Bertz CT molecular complexity index is 584. The number of benzene rings is 1. The molecule has 144 valence electrons. The quantitative estimate of drug-likeness (QED) is 0.568.